The molecule has 0 radical (unpaired) electrons. The van der Waals surface area contributed by atoms with Gasteiger partial charge in [-0.3, -0.25) is 0 Å². The van der Waals surface area contributed by atoms with E-state index in [-0.39, 0.29) is 5.41 Å². The first-order chi connectivity index (χ1) is 9.15. The first kappa shape index (κ1) is 11.8. The molecule has 4 heteroatoms. The molecule has 0 unspecified atom stereocenters. The smallest absolute Gasteiger partial charge is 0.201 e. The first-order valence-corrected chi connectivity index (χ1v) is 6.47. The highest BCUT2D eigenvalue weighted by Crippen LogP contribution is 2.23. The Morgan fingerprint density at radius 3 is 2.79 bits per heavy atom. The van der Waals surface area contributed by atoms with Crippen LogP contribution in [0, 0.1) is 0 Å². The van der Waals surface area contributed by atoms with Crippen LogP contribution in [0.1, 0.15) is 19.4 Å². The number of para-hydroxylation sites is 2. The van der Waals surface area contributed by atoms with Crippen LogP contribution < -0.4 is 5.32 Å². The summed E-state index contributed by atoms with van der Waals surface area (Å²) in [4.78, 5) is 10.9. The molecule has 0 spiro atoms. The number of nitrogens with one attached hydrogen (secondary N) is 3. The Morgan fingerprint density at radius 2 is 2.05 bits per heavy atom. The molecule has 0 fully saturated rings. The maximum absolute atomic E-state index is 4.52. The lowest BCUT2D eigenvalue weighted by Crippen LogP contribution is -2.27. The summed E-state index contributed by atoms with van der Waals surface area (Å²) in [5.41, 5.74) is 3.39. The van der Waals surface area contributed by atoms with E-state index in [2.05, 4.69) is 40.2 Å². The second-order valence-electron chi connectivity index (χ2n) is 5.44. The number of nitrogens with zero attached hydrogens (tertiary/aromatic N) is 1. The molecular formula is C15H18N4. The highest BCUT2D eigenvalue weighted by molar-refractivity contribution is 5.77. The van der Waals surface area contributed by atoms with E-state index in [1.807, 2.05) is 36.7 Å². The van der Waals surface area contributed by atoms with Crippen molar-refractivity contribution in [3.8, 4) is 0 Å². The molecule has 1 aromatic carbocycles. The van der Waals surface area contributed by atoms with Gasteiger partial charge in [0.05, 0.1) is 11.0 Å². The van der Waals surface area contributed by atoms with Gasteiger partial charge in [-0.05, 0) is 23.8 Å². The number of imidazole rings is 1. The van der Waals surface area contributed by atoms with Crippen molar-refractivity contribution in [2.45, 2.75) is 19.3 Å². The maximum atomic E-state index is 4.52. The summed E-state index contributed by atoms with van der Waals surface area (Å²) in [7, 11) is 0. The van der Waals surface area contributed by atoms with Crippen molar-refractivity contribution >= 4 is 17.0 Å². The molecule has 0 bridgehead atoms. The van der Waals surface area contributed by atoms with Gasteiger partial charge in [-0.1, -0.05) is 26.0 Å². The number of aromatic nitrogens is 3. The van der Waals surface area contributed by atoms with E-state index in [0.717, 1.165) is 23.5 Å². The van der Waals surface area contributed by atoms with Crippen LogP contribution in [0.5, 0.6) is 0 Å². The Labute approximate surface area is 112 Å². The second kappa shape index (κ2) is 4.46. The van der Waals surface area contributed by atoms with Gasteiger partial charge >= 0.3 is 0 Å². The van der Waals surface area contributed by atoms with Gasteiger partial charge in [0.1, 0.15) is 0 Å². The summed E-state index contributed by atoms with van der Waals surface area (Å²) in [6.45, 7) is 5.25. The minimum Gasteiger partial charge on any atom is -0.367 e. The van der Waals surface area contributed by atoms with E-state index >= 15 is 0 Å². The van der Waals surface area contributed by atoms with Crippen LogP contribution in [0.2, 0.25) is 0 Å². The van der Waals surface area contributed by atoms with Crippen LogP contribution in [0.3, 0.4) is 0 Å². The van der Waals surface area contributed by atoms with Crippen molar-refractivity contribution in [2.75, 3.05) is 11.9 Å². The molecule has 0 aliphatic rings. The molecule has 0 saturated heterocycles. The molecule has 3 aromatic rings. The van der Waals surface area contributed by atoms with E-state index in [1.54, 1.807) is 0 Å². The minimum absolute atomic E-state index is 0.0545. The quantitative estimate of drug-likeness (QED) is 0.669. The predicted molar refractivity (Wildman–Crippen MR) is 78.4 cm³/mol. The third-order valence-electron chi connectivity index (χ3n) is 3.47. The fourth-order valence-electron chi connectivity index (χ4n) is 2.19. The summed E-state index contributed by atoms with van der Waals surface area (Å²) < 4.78 is 0. The number of anilines is 1. The average molecular weight is 254 g/mol. The zero-order valence-corrected chi connectivity index (χ0v) is 11.2. The highest BCUT2D eigenvalue weighted by atomic mass is 15.1. The Hall–Kier alpha value is -2.23. The zero-order valence-electron chi connectivity index (χ0n) is 11.2. The van der Waals surface area contributed by atoms with Crippen molar-refractivity contribution in [3.05, 3.63) is 48.3 Å². The number of rotatable bonds is 4. The molecule has 0 aliphatic carbocycles. The standard InChI is InChI=1S/C15H18N4/c1-15(2,11-7-8-16-9-11)10-17-14-18-12-5-3-4-6-13(12)19-14/h3-9,16H,10H2,1-2H3,(H2,17,18,19). The summed E-state index contributed by atoms with van der Waals surface area (Å²) in [5, 5.41) is 3.38. The van der Waals surface area contributed by atoms with E-state index in [4.69, 9.17) is 0 Å². The third kappa shape index (κ3) is 2.34. The summed E-state index contributed by atoms with van der Waals surface area (Å²) >= 11 is 0. The number of aromatic amines is 2. The number of H-pyrrole nitrogens is 2. The molecule has 2 heterocycles. The van der Waals surface area contributed by atoms with Crippen LogP contribution in [-0.2, 0) is 5.41 Å². The number of hydrogen-bond donors (Lipinski definition) is 3. The number of hydrogen-bond acceptors (Lipinski definition) is 2. The molecule has 19 heavy (non-hydrogen) atoms. The van der Waals surface area contributed by atoms with Crippen molar-refractivity contribution < 1.29 is 0 Å². The summed E-state index contributed by atoms with van der Waals surface area (Å²) in [6, 6.07) is 10.2. The monoisotopic (exact) mass is 254 g/mol. The van der Waals surface area contributed by atoms with Crippen molar-refractivity contribution in [1.29, 1.82) is 0 Å². The van der Waals surface area contributed by atoms with Crippen molar-refractivity contribution in [1.82, 2.24) is 15.0 Å². The van der Waals surface area contributed by atoms with Gasteiger partial charge in [0.2, 0.25) is 5.95 Å². The van der Waals surface area contributed by atoms with Crippen LogP contribution in [-0.4, -0.2) is 21.5 Å². The van der Waals surface area contributed by atoms with Gasteiger partial charge in [0, 0.05) is 24.4 Å². The lowest BCUT2D eigenvalue weighted by molar-refractivity contribution is 0.556. The van der Waals surface area contributed by atoms with E-state index in [9.17, 15) is 0 Å². The molecule has 0 atom stereocenters. The van der Waals surface area contributed by atoms with Crippen LogP contribution in [0.15, 0.2) is 42.7 Å². The van der Waals surface area contributed by atoms with Gasteiger partial charge in [-0.2, -0.15) is 0 Å². The molecule has 0 aliphatic heterocycles. The molecule has 2 aromatic heterocycles. The molecule has 3 rings (SSSR count). The number of fused-ring (bicyclic) bond motifs is 1. The van der Waals surface area contributed by atoms with Gasteiger partial charge in [-0.15, -0.1) is 0 Å². The fraction of sp³-hybridized carbons (Fsp3) is 0.267. The predicted octanol–water partition coefficient (Wildman–Crippen LogP) is 3.28. The van der Waals surface area contributed by atoms with E-state index < -0.39 is 0 Å². The average Bonchev–Trinajstić information content (AvgIpc) is 3.05. The van der Waals surface area contributed by atoms with Crippen molar-refractivity contribution in [3.63, 3.8) is 0 Å². The minimum atomic E-state index is 0.0545. The first-order valence-electron chi connectivity index (χ1n) is 6.47. The third-order valence-corrected chi connectivity index (χ3v) is 3.47. The lowest BCUT2D eigenvalue weighted by atomic mass is 9.86. The Kier molecular flexibility index (Phi) is 2.78. The van der Waals surface area contributed by atoms with E-state index in [1.165, 1.54) is 5.56 Å². The van der Waals surface area contributed by atoms with E-state index in [0.29, 0.717) is 0 Å². The SMILES string of the molecule is CC(C)(CNc1nc2ccccc2[nH]1)c1cc[nH]c1. The molecule has 0 saturated carbocycles. The molecule has 98 valence electrons. The topological polar surface area (TPSA) is 56.5 Å². The summed E-state index contributed by atoms with van der Waals surface area (Å²) in [5.74, 6) is 0.824. The normalized spacial score (nSPS) is 11.9. The van der Waals surface area contributed by atoms with Crippen molar-refractivity contribution in [2.24, 2.45) is 0 Å². The Morgan fingerprint density at radius 1 is 1.21 bits per heavy atom. The highest BCUT2D eigenvalue weighted by Gasteiger charge is 2.21. The number of benzene rings is 1. The fourth-order valence-corrected chi connectivity index (χ4v) is 2.19. The van der Waals surface area contributed by atoms with Gasteiger partial charge < -0.3 is 15.3 Å². The molecule has 4 nitrogen and oxygen atoms in total. The maximum Gasteiger partial charge on any atom is 0.201 e. The molecule has 3 N–H and O–H groups in total. The molecule has 0 amide bonds. The van der Waals surface area contributed by atoms with Crippen LogP contribution in [0.25, 0.3) is 11.0 Å². The Bertz CT molecular complexity index is 631. The molecular weight excluding hydrogens is 236 g/mol. The largest absolute Gasteiger partial charge is 0.367 e. The second-order valence-corrected chi connectivity index (χ2v) is 5.44. The lowest BCUT2D eigenvalue weighted by Gasteiger charge is -2.23. The Balaban J connectivity index is 1.75. The zero-order chi connectivity index (χ0) is 13.3. The summed E-state index contributed by atoms with van der Waals surface area (Å²) in [6.07, 6.45) is 4.00. The van der Waals surface area contributed by atoms with Gasteiger partial charge in [0.25, 0.3) is 0 Å². The van der Waals surface area contributed by atoms with Gasteiger partial charge in [0.15, 0.2) is 0 Å². The van der Waals surface area contributed by atoms with Crippen LogP contribution in [0.4, 0.5) is 5.95 Å². The van der Waals surface area contributed by atoms with Gasteiger partial charge in [-0.25, -0.2) is 4.98 Å². The van der Waals surface area contributed by atoms with Crippen LogP contribution >= 0.6 is 0 Å².